The maximum Gasteiger partial charge on any atom is 0.325 e. The summed E-state index contributed by atoms with van der Waals surface area (Å²) in [6.07, 6.45) is 2.55. The van der Waals surface area contributed by atoms with Gasteiger partial charge in [-0.2, -0.15) is 0 Å². The lowest BCUT2D eigenvalue weighted by Crippen LogP contribution is -2.57. The number of benzene rings is 4. The Labute approximate surface area is 272 Å². The second-order valence-electron chi connectivity index (χ2n) is 12.1. The molecule has 0 bridgehead atoms. The summed E-state index contributed by atoms with van der Waals surface area (Å²) in [6, 6.07) is 29.0. The van der Waals surface area contributed by atoms with E-state index in [2.05, 4.69) is 10.3 Å². The van der Waals surface area contributed by atoms with Crippen LogP contribution < -0.4 is 19.7 Å². The van der Waals surface area contributed by atoms with Crippen molar-refractivity contribution in [3.05, 3.63) is 126 Å². The van der Waals surface area contributed by atoms with Crippen molar-refractivity contribution >= 4 is 34.4 Å². The molecular weight excluding hydrogens is 594 g/mol. The third-order valence-electron chi connectivity index (χ3n) is 9.57. The summed E-state index contributed by atoms with van der Waals surface area (Å²) >= 11 is 0. The van der Waals surface area contributed by atoms with E-state index < -0.39 is 41.2 Å². The molecule has 4 aromatic carbocycles. The minimum atomic E-state index is -1.81. The van der Waals surface area contributed by atoms with Crippen molar-refractivity contribution in [1.29, 1.82) is 0 Å². The summed E-state index contributed by atoms with van der Waals surface area (Å²) in [4.78, 5) is 47.0. The normalized spacial score (nSPS) is 22.1. The Kier molecular flexibility index (Phi) is 7.77. The number of carbonyl (C=O) groups excluding carboxylic acids is 2. The molecule has 2 aliphatic heterocycles. The van der Waals surface area contributed by atoms with Gasteiger partial charge in [-0.25, -0.2) is 4.90 Å². The molecule has 7 rings (SSSR count). The summed E-state index contributed by atoms with van der Waals surface area (Å²) in [6.45, 7) is 2.25. The van der Waals surface area contributed by atoms with Gasteiger partial charge >= 0.3 is 5.97 Å². The number of carbonyl (C=O) groups is 3. The number of fused-ring (bicyclic) bond motifs is 2. The van der Waals surface area contributed by atoms with E-state index in [1.165, 1.54) is 12.0 Å². The third kappa shape index (κ3) is 5.03. The monoisotopic (exact) mass is 629 g/mol. The summed E-state index contributed by atoms with van der Waals surface area (Å²) in [5.41, 5.74) is 2.71. The van der Waals surface area contributed by atoms with Gasteiger partial charge in [0.25, 0.3) is 0 Å². The van der Waals surface area contributed by atoms with Gasteiger partial charge in [0.15, 0.2) is 11.5 Å². The van der Waals surface area contributed by atoms with Gasteiger partial charge in [-0.1, -0.05) is 79.7 Å². The molecule has 0 saturated carbocycles. The number of anilines is 1. The number of aryl methyl sites for hydroxylation is 1. The van der Waals surface area contributed by atoms with Gasteiger partial charge in [0.1, 0.15) is 12.1 Å². The van der Waals surface area contributed by atoms with Crippen molar-refractivity contribution in [3.8, 4) is 11.5 Å². The number of hydrogen-bond acceptors (Lipinski definition) is 6. The highest BCUT2D eigenvalue weighted by Gasteiger charge is 2.69. The van der Waals surface area contributed by atoms with Crippen LogP contribution in [-0.2, 0) is 33.8 Å². The van der Waals surface area contributed by atoms with Crippen molar-refractivity contribution in [3.63, 3.8) is 0 Å². The Bertz CT molecular complexity index is 1970. The molecule has 9 heteroatoms. The number of aromatic amines is 1. The molecule has 0 spiro atoms. The number of rotatable bonds is 10. The summed E-state index contributed by atoms with van der Waals surface area (Å²) in [7, 11) is 1.53. The van der Waals surface area contributed by atoms with Gasteiger partial charge < -0.3 is 19.6 Å². The topological polar surface area (TPSA) is 121 Å². The number of carboxylic acid groups (broad SMARTS) is 1. The van der Waals surface area contributed by atoms with Crippen molar-refractivity contribution in [2.24, 2.45) is 11.8 Å². The number of nitrogens with zero attached hydrogens (tertiary/aromatic N) is 1. The quantitative estimate of drug-likeness (QED) is 0.166. The van der Waals surface area contributed by atoms with Crippen molar-refractivity contribution in [1.82, 2.24) is 10.3 Å². The van der Waals surface area contributed by atoms with E-state index in [9.17, 15) is 19.5 Å². The second-order valence-corrected chi connectivity index (χ2v) is 12.1. The maximum absolute atomic E-state index is 14.5. The van der Waals surface area contributed by atoms with Crippen LogP contribution in [0.5, 0.6) is 11.5 Å². The molecule has 2 fully saturated rings. The van der Waals surface area contributed by atoms with Crippen LogP contribution in [0.1, 0.15) is 35.2 Å². The van der Waals surface area contributed by atoms with Gasteiger partial charge in [-0.05, 0) is 47.4 Å². The molecule has 238 valence electrons. The molecule has 3 heterocycles. The number of aromatic nitrogens is 1. The molecule has 2 amide bonds. The number of ether oxygens (including phenoxy) is 2. The first-order chi connectivity index (χ1) is 22.9. The molecule has 5 aromatic rings. The zero-order valence-corrected chi connectivity index (χ0v) is 26.1. The molecule has 4 unspecified atom stereocenters. The van der Waals surface area contributed by atoms with E-state index in [-0.39, 0.29) is 13.0 Å². The van der Waals surface area contributed by atoms with E-state index in [0.29, 0.717) is 22.7 Å². The molecule has 4 atom stereocenters. The second kappa shape index (κ2) is 12.1. The summed E-state index contributed by atoms with van der Waals surface area (Å²) in [5, 5.41) is 15.3. The molecule has 0 aliphatic carbocycles. The predicted molar refractivity (Wildman–Crippen MR) is 177 cm³/mol. The van der Waals surface area contributed by atoms with Crippen LogP contribution in [0.25, 0.3) is 10.9 Å². The molecule has 1 aromatic heterocycles. The van der Waals surface area contributed by atoms with Gasteiger partial charge in [-0.15, -0.1) is 0 Å². The summed E-state index contributed by atoms with van der Waals surface area (Å²) in [5.74, 6) is -3.62. The SMILES string of the molecule is CCc1ccc(N2C(=O)C3C(c4cccc(OC)c4OCc4ccccc4)NC(Cc4c[nH]c5ccccc45)(C(=O)O)C3C2=O)cc1. The Hall–Kier alpha value is -5.41. The van der Waals surface area contributed by atoms with Crippen LogP contribution in [0.15, 0.2) is 103 Å². The number of imide groups is 1. The number of carboxylic acids is 1. The Morgan fingerprint density at radius 2 is 1.64 bits per heavy atom. The fraction of sp³-hybridized carbons (Fsp3) is 0.237. The first-order valence-electron chi connectivity index (χ1n) is 15.7. The number of amides is 2. The average Bonchev–Trinajstić information content (AvgIpc) is 3.75. The Morgan fingerprint density at radius 3 is 2.36 bits per heavy atom. The molecule has 9 nitrogen and oxygen atoms in total. The Balaban J connectivity index is 1.37. The third-order valence-corrected chi connectivity index (χ3v) is 9.57. The zero-order chi connectivity index (χ0) is 32.7. The fourth-order valence-electron chi connectivity index (χ4n) is 7.24. The minimum Gasteiger partial charge on any atom is -0.493 e. The van der Waals surface area contributed by atoms with Crippen LogP contribution in [0.4, 0.5) is 5.69 Å². The number of aliphatic carboxylic acids is 1. The number of nitrogens with one attached hydrogen (secondary N) is 2. The maximum atomic E-state index is 14.5. The van der Waals surface area contributed by atoms with Gasteiger partial charge in [0, 0.05) is 35.1 Å². The first kappa shape index (κ1) is 30.3. The van der Waals surface area contributed by atoms with E-state index in [0.717, 1.165) is 34.0 Å². The van der Waals surface area contributed by atoms with E-state index >= 15 is 0 Å². The number of para-hydroxylation sites is 2. The van der Waals surface area contributed by atoms with Crippen LogP contribution in [-0.4, -0.2) is 40.5 Å². The lowest BCUT2D eigenvalue weighted by Gasteiger charge is -2.31. The van der Waals surface area contributed by atoms with Gasteiger partial charge in [0.2, 0.25) is 11.8 Å². The molecule has 47 heavy (non-hydrogen) atoms. The molecule has 0 radical (unpaired) electrons. The summed E-state index contributed by atoms with van der Waals surface area (Å²) < 4.78 is 12.1. The highest BCUT2D eigenvalue weighted by atomic mass is 16.5. The smallest absolute Gasteiger partial charge is 0.325 e. The number of hydrogen-bond donors (Lipinski definition) is 3. The van der Waals surface area contributed by atoms with Gasteiger partial charge in [0.05, 0.1) is 24.6 Å². The van der Waals surface area contributed by atoms with Crippen LogP contribution in [0.2, 0.25) is 0 Å². The highest BCUT2D eigenvalue weighted by Crippen LogP contribution is 2.53. The number of methoxy groups -OCH3 is 1. The average molecular weight is 630 g/mol. The van der Waals surface area contributed by atoms with Crippen molar-refractivity contribution in [2.45, 2.75) is 38.0 Å². The molecule has 2 aliphatic rings. The van der Waals surface area contributed by atoms with E-state index in [1.54, 1.807) is 36.5 Å². The minimum absolute atomic E-state index is 0.0319. The van der Waals surface area contributed by atoms with Crippen LogP contribution in [0, 0.1) is 11.8 Å². The largest absolute Gasteiger partial charge is 0.493 e. The van der Waals surface area contributed by atoms with Crippen molar-refractivity contribution < 1.29 is 29.0 Å². The number of H-pyrrole nitrogens is 1. The van der Waals surface area contributed by atoms with Crippen LogP contribution in [0.3, 0.4) is 0 Å². The predicted octanol–water partition coefficient (Wildman–Crippen LogP) is 5.83. The van der Waals surface area contributed by atoms with E-state index in [1.807, 2.05) is 73.7 Å². The fourth-order valence-corrected chi connectivity index (χ4v) is 7.24. The van der Waals surface area contributed by atoms with Gasteiger partial charge in [-0.3, -0.25) is 19.7 Å². The zero-order valence-electron chi connectivity index (χ0n) is 26.1. The van der Waals surface area contributed by atoms with Crippen molar-refractivity contribution in [2.75, 3.05) is 12.0 Å². The lowest BCUT2D eigenvalue weighted by atomic mass is 9.76. The molecule has 2 saturated heterocycles. The Morgan fingerprint density at radius 1 is 0.894 bits per heavy atom. The molecular formula is C38H35N3O6. The molecule has 3 N–H and O–H groups in total. The lowest BCUT2D eigenvalue weighted by molar-refractivity contribution is -0.148. The van der Waals surface area contributed by atoms with Crippen LogP contribution >= 0.6 is 0 Å². The highest BCUT2D eigenvalue weighted by molar-refractivity contribution is 6.24. The van der Waals surface area contributed by atoms with E-state index in [4.69, 9.17) is 9.47 Å². The standard InChI is InChI=1S/C38H35N3O6/c1-3-23-16-18-26(19-17-23)41-35(42)31-32(36(41)43)38(37(44)45,20-25-21-39-29-14-8-7-12-27(25)29)40-33(31)28-13-9-15-30(46-2)34(28)47-22-24-10-5-4-6-11-24/h4-19,21,31-33,39-40H,3,20,22H2,1-2H3,(H,44,45). The first-order valence-corrected chi connectivity index (χ1v) is 15.7.